The quantitative estimate of drug-likeness (QED) is 0.638. The number of halogens is 2. The minimum atomic E-state index is -3.73. The average molecular weight is 339 g/mol. The van der Waals surface area contributed by atoms with Crippen molar-refractivity contribution in [1.29, 1.82) is 0 Å². The summed E-state index contributed by atoms with van der Waals surface area (Å²) in [6.45, 7) is 3.11. The maximum Gasteiger partial charge on any atom is 0.262 e. The molecule has 1 heterocycles. The van der Waals surface area contributed by atoms with Crippen LogP contribution in [-0.2, 0) is 14.9 Å². The fraction of sp³-hybridized carbons (Fsp3) is 0.500. The first-order valence-corrected chi connectivity index (χ1v) is 8.54. The second-order valence-corrected chi connectivity index (χ2v) is 7.02. The van der Waals surface area contributed by atoms with Crippen LogP contribution in [0.2, 0.25) is 10.0 Å². The lowest BCUT2D eigenvalue weighted by Crippen LogP contribution is -2.30. The van der Waals surface area contributed by atoms with E-state index >= 15 is 0 Å². The molecule has 1 aliphatic rings. The van der Waals surface area contributed by atoms with Crippen molar-refractivity contribution in [3.63, 3.8) is 0 Å². The highest BCUT2D eigenvalue weighted by Crippen LogP contribution is 2.24. The summed E-state index contributed by atoms with van der Waals surface area (Å²) < 4.78 is 23.9. The molecule has 0 unspecified atom stereocenters. The van der Waals surface area contributed by atoms with Gasteiger partial charge in [-0.2, -0.15) is 0 Å². The predicted molar refractivity (Wildman–Crippen MR) is 78.4 cm³/mol. The number of rotatable bonds is 6. The minimum absolute atomic E-state index is 0.0214. The van der Waals surface area contributed by atoms with Gasteiger partial charge in [0.1, 0.15) is 0 Å². The van der Waals surface area contributed by atoms with Gasteiger partial charge in [-0.25, -0.2) is 8.42 Å². The van der Waals surface area contributed by atoms with E-state index in [0.717, 1.165) is 13.1 Å². The fourth-order valence-corrected chi connectivity index (χ4v) is 3.21. The van der Waals surface area contributed by atoms with Crippen LogP contribution in [0.3, 0.4) is 0 Å². The molecule has 20 heavy (non-hydrogen) atoms. The molecular weight excluding hydrogens is 323 g/mol. The Bertz CT molecular complexity index is 560. The van der Waals surface area contributed by atoms with Crippen molar-refractivity contribution in [1.82, 2.24) is 9.79 Å². The van der Waals surface area contributed by atoms with Gasteiger partial charge in [0.15, 0.2) is 0 Å². The smallest absolute Gasteiger partial charge is 0.262 e. The molecule has 0 amide bonds. The van der Waals surface area contributed by atoms with Gasteiger partial charge in [0, 0.05) is 6.54 Å². The molecular formula is C12H16Cl2N2O3S. The summed E-state index contributed by atoms with van der Waals surface area (Å²) in [6, 6.07) is 4.10. The van der Waals surface area contributed by atoms with Crippen LogP contribution in [-0.4, -0.2) is 39.6 Å². The van der Waals surface area contributed by atoms with Gasteiger partial charge >= 0.3 is 0 Å². The van der Waals surface area contributed by atoms with E-state index in [1.54, 1.807) is 0 Å². The molecule has 0 atom stereocenters. The summed E-state index contributed by atoms with van der Waals surface area (Å²) >= 11 is 11.5. The Labute approximate surface area is 128 Å². The summed E-state index contributed by atoms with van der Waals surface area (Å²) in [5, 5.41) is 0.493. The summed E-state index contributed by atoms with van der Waals surface area (Å²) in [4.78, 5) is 9.37. The zero-order chi connectivity index (χ0) is 14.6. The molecule has 1 aromatic carbocycles. The van der Waals surface area contributed by atoms with Crippen LogP contribution >= 0.6 is 23.2 Å². The first-order valence-electron chi connectivity index (χ1n) is 6.30. The second-order valence-electron chi connectivity index (χ2n) is 4.56. The Morgan fingerprint density at radius 2 is 1.90 bits per heavy atom. The van der Waals surface area contributed by atoms with Gasteiger partial charge in [0.05, 0.1) is 21.5 Å². The van der Waals surface area contributed by atoms with Gasteiger partial charge in [-0.3, -0.25) is 4.84 Å². The summed E-state index contributed by atoms with van der Waals surface area (Å²) in [5.74, 6) is 0. The fourth-order valence-electron chi connectivity index (χ4n) is 1.99. The molecule has 0 aliphatic carbocycles. The third kappa shape index (κ3) is 4.31. The monoisotopic (exact) mass is 338 g/mol. The zero-order valence-electron chi connectivity index (χ0n) is 10.8. The zero-order valence-corrected chi connectivity index (χ0v) is 13.1. The summed E-state index contributed by atoms with van der Waals surface area (Å²) in [6.07, 6.45) is 2.38. The largest absolute Gasteiger partial charge is 0.301 e. The van der Waals surface area contributed by atoms with Gasteiger partial charge in [-0.05, 0) is 44.1 Å². The van der Waals surface area contributed by atoms with E-state index < -0.39 is 10.0 Å². The van der Waals surface area contributed by atoms with Gasteiger partial charge in [0.25, 0.3) is 10.0 Å². The highest BCUT2D eigenvalue weighted by atomic mass is 35.5. The van der Waals surface area contributed by atoms with Crippen molar-refractivity contribution in [2.24, 2.45) is 0 Å². The Balaban J connectivity index is 1.85. The molecule has 0 radical (unpaired) electrons. The molecule has 2 rings (SSSR count). The van der Waals surface area contributed by atoms with E-state index in [9.17, 15) is 8.42 Å². The molecule has 1 fully saturated rings. The summed E-state index contributed by atoms with van der Waals surface area (Å²) in [7, 11) is -3.73. The molecule has 0 saturated carbocycles. The van der Waals surface area contributed by atoms with Gasteiger partial charge in [0.2, 0.25) is 0 Å². The molecule has 1 aliphatic heterocycles. The number of sulfonamides is 1. The number of hydrogen-bond acceptors (Lipinski definition) is 4. The Morgan fingerprint density at radius 3 is 2.55 bits per heavy atom. The van der Waals surface area contributed by atoms with Crippen molar-refractivity contribution < 1.29 is 13.3 Å². The predicted octanol–water partition coefficient (Wildman–Crippen LogP) is 2.30. The van der Waals surface area contributed by atoms with Crippen molar-refractivity contribution in [2.75, 3.05) is 26.2 Å². The maximum atomic E-state index is 11.9. The van der Waals surface area contributed by atoms with E-state index in [1.165, 1.54) is 31.0 Å². The van der Waals surface area contributed by atoms with Crippen molar-refractivity contribution in [3.05, 3.63) is 28.2 Å². The van der Waals surface area contributed by atoms with Crippen LogP contribution in [0.25, 0.3) is 0 Å². The number of nitrogens with zero attached hydrogens (tertiary/aromatic N) is 1. The van der Waals surface area contributed by atoms with Gasteiger partial charge in [-0.15, -0.1) is 0 Å². The number of benzene rings is 1. The van der Waals surface area contributed by atoms with Gasteiger partial charge in [-0.1, -0.05) is 28.1 Å². The lowest BCUT2D eigenvalue weighted by Gasteiger charge is -2.14. The number of likely N-dealkylation sites (tertiary alicyclic amines) is 1. The standard InChI is InChI=1S/C12H16Cl2N2O3S/c13-11-4-3-10(9-12(11)14)20(17,18)15-19-8-7-16-5-1-2-6-16/h3-4,9,15H,1-2,5-8H2. The first-order chi connectivity index (χ1) is 9.49. The third-order valence-corrected chi connectivity index (χ3v) is 5.03. The van der Waals surface area contributed by atoms with Gasteiger partial charge < -0.3 is 4.90 Å². The normalized spacial score (nSPS) is 16.7. The van der Waals surface area contributed by atoms with Crippen LogP contribution in [0, 0.1) is 0 Å². The summed E-state index contributed by atoms with van der Waals surface area (Å²) in [5.41, 5.74) is 0. The van der Waals surface area contributed by atoms with E-state index in [1.807, 2.05) is 0 Å². The SMILES string of the molecule is O=S(=O)(NOCCN1CCCC1)c1ccc(Cl)c(Cl)c1. The number of nitrogens with one attached hydrogen (secondary N) is 1. The molecule has 0 bridgehead atoms. The Hall–Kier alpha value is -0.370. The van der Waals surface area contributed by atoms with Crippen LogP contribution in [0.1, 0.15) is 12.8 Å². The molecule has 5 nitrogen and oxygen atoms in total. The lowest BCUT2D eigenvalue weighted by atomic mass is 10.4. The highest BCUT2D eigenvalue weighted by Gasteiger charge is 2.16. The molecule has 8 heteroatoms. The second kappa shape index (κ2) is 7.06. The van der Waals surface area contributed by atoms with Crippen molar-refractivity contribution in [3.8, 4) is 0 Å². The maximum absolute atomic E-state index is 11.9. The Kier molecular flexibility index (Phi) is 5.65. The topological polar surface area (TPSA) is 58.6 Å². The molecule has 1 saturated heterocycles. The molecule has 112 valence electrons. The highest BCUT2D eigenvalue weighted by molar-refractivity contribution is 7.89. The van der Waals surface area contributed by atoms with Crippen LogP contribution in [0.4, 0.5) is 0 Å². The van der Waals surface area contributed by atoms with Crippen LogP contribution < -0.4 is 4.89 Å². The van der Waals surface area contributed by atoms with E-state index in [-0.39, 0.29) is 9.92 Å². The molecule has 0 spiro atoms. The molecule has 1 aromatic rings. The number of hydrogen-bond donors (Lipinski definition) is 1. The first kappa shape index (κ1) is 16.0. The van der Waals surface area contributed by atoms with Crippen molar-refractivity contribution >= 4 is 33.2 Å². The van der Waals surface area contributed by atoms with E-state index in [2.05, 4.69) is 9.79 Å². The molecule has 1 N–H and O–H groups in total. The minimum Gasteiger partial charge on any atom is -0.301 e. The Morgan fingerprint density at radius 1 is 1.20 bits per heavy atom. The van der Waals surface area contributed by atoms with E-state index in [4.69, 9.17) is 28.0 Å². The van der Waals surface area contributed by atoms with Crippen LogP contribution in [0.15, 0.2) is 23.1 Å². The third-order valence-electron chi connectivity index (χ3n) is 3.08. The van der Waals surface area contributed by atoms with E-state index in [0.29, 0.717) is 18.2 Å². The average Bonchev–Trinajstić information content (AvgIpc) is 2.91. The molecule has 0 aromatic heterocycles. The van der Waals surface area contributed by atoms with Crippen LogP contribution in [0.5, 0.6) is 0 Å². The lowest BCUT2D eigenvalue weighted by molar-refractivity contribution is 0.0756. The van der Waals surface area contributed by atoms with Crippen molar-refractivity contribution in [2.45, 2.75) is 17.7 Å².